The van der Waals surface area contributed by atoms with Crippen molar-refractivity contribution in [3.63, 3.8) is 0 Å². The van der Waals surface area contributed by atoms with Gasteiger partial charge in [-0.2, -0.15) is 0 Å². The van der Waals surface area contributed by atoms with E-state index in [4.69, 9.17) is 5.73 Å². The SMILES string of the molecule is CCC(N)C#Cc1c(C)cc(C)cc1C. The molecule has 0 aromatic heterocycles. The zero-order valence-electron chi connectivity index (χ0n) is 10.0. The average molecular weight is 201 g/mol. The van der Waals surface area contributed by atoms with Gasteiger partial charge >= 0.3 is 0 Å². The van der Waals surface area contributed by atoms with E-state index in [1.807, 2.05) is 6.92 Å². The molecule has 0 amide bonds. The average Bonchev–Trinajstić information content (AvgIpc) is 2.15. The van der Waals surface area contributed by atoms with Crippen molar-refractivity contribution in [1.82, 2.24) is 0 Å². The van der Waals surface area contributed by atoms with Crippen LogP contribution in [0.3, 0.4) is 0 Å². The van der Waals surface area contributed by atoms with Gasteiger partial charge in [-0.3, -0.25) is 0 Å². The Hall–Kier alpha value is -1.26. The highest BCUT2D eigenvalue weighted by atomic mass is 14.6. The van der Waals surface area contributed by atoms with Gasteiger partial charge in [0.1, 0.15) is 0 Å². The van der Waals surface area contributed by atoms with Crippen LogP contribution in [0.25, 0.3) is 0 Å². The summed E-state index contributed by atoms with van der Waals surface area (Å²) in [6.45, 7) is 8.35. The molecule has 0 spiro atoms. The van der Waals surface area contributed by atoms with Gasteiger partial charge in [0.05, 0.1) is 6.04 Å². The molecule has 0 radical (unpaired) electrons. The molecule has 2 N–H and O–H groups in total. The van der Waals surface area contributed by atoms with Crippen LogP contribution in [-0.4, -0.2) is 6.04 Å². The standard InChI is InChI=1S/C14H19N/c1-5-13(15)6-7-14-11(3)8-10(2)9-12(14)4/h8-9,13H,5,15H2,1-4H3. The molecule has 0 fully saturated rings. The summed E-state index contributed by atoms with van der Waals surface area (Å²) in [5.74, 6) is 6.26. The van der Waals surface area contributed by atoms with E-state index in [0.717, 1.165) is 12.0 Å². The topological polar surface area (TPSA) is 26.0 Å². The monoisotopic (exact) mass is 201 g/mol. The summed E-state index contributed by atoms with van der Waals surface area (Å²) in [6, 6.07) is 4.31. The third-order valence-corrected chi connectivity index (χ3v) is 2.50. The maximum Gasteiger partial charge on any atom is 0.0665 e. The lowest BCUT2D eigenvalue weighted by Crippen LogP contribution is -2.15. The van der Waals surface area contributed by atoms with Crippen molar-refractivity contribution in [3.05, 3.63) is 34.4 Å². The first-order valence-corrected chi connectivity index (χ1v) is 5.39. The third kappa shape index (κ3) is 3.11. The molecule has 0 aliphatic carbocycles. The number of aryl methyl sites for hydroxylation is 3. The second kappa shape index (κ2) is 5.00. The largest absolute Gasteiger partial charge is 0.318 e. The van der Waals surface area contributed by atoms with E-state index < -0.39 is 0 Å². The van der Waals surface area contributed by atoms with E-state index in [1.54, 1.807) is 0 Å². The van der Waals surface area contributed by atoms with Gasteiger partial charge in [0, 0.05) is 5.56 Å². The van der Waals surface area contributed by atoms with Crippen molar-refractivity contribution < 1.29 is 0 Å². The predicted octanol–water partition coefficient (Wildman–Crippen LogP) is 2.70. The molecule has 15 heavy (non-hydrogen) atoms. The molecule has 1 atom stereocenters. The van der Waals surface area contributed by atoms with Gasteiger partial charge in [0.25, 0.3) is 0 Å². The van der Waals surface area contributed by atoms with E-state index in [9.17, 15) is 0 Å². The Morgan fingerprint density at radius 1 is 1.20 bits per heavy atom. The van der Waals surface area contributed by atoms with Gasteiger partial charge in [-0.1, -0.05) is 36.5 Å². The highest BCUT2D eigenvalue weighted by Gasteiger charge is 2.00. The van der Waals surface area contributed by atoms with Gasteiger partial charge in [0.2, 0.25) is 0 Å². The lowest BCUT2D eigenvalue weighted by Gasteiger charge is -2.05. The molecular weight excluding hydrogens is 182 g/mol. The summed E-state index contributed by atoms with van der Waals surface area (Å²) in [4.78, 5) is 0. The first-order valence-electron chi connectivity index (χ1n) is 5.39. The van der Waals surface area contributed by atoms with Gasteiger partial charge in [-0.25, -0.2) is 0 Å². The molecular formula is C14H19N. The lowest BCUT2D eigenvalue weighted by molar-refractivity contribution is 0.806. The molecule has 0 bridgehead atoms. The highest BCUT2D eigenvalue weighted by molar-refractivity contribution is 5.48. The Labute approximate surface area is 92.7 Å². The first kappa shape index (κ1) is 11.8. The molecule has 80 valence electrons. The van der Waals surface area contributed by atoms with Crippen LogP contribution in [0.5, 0.6) is 0 Å². The Kier molecular flexibility index (Phi) is 3.94. The molecule has 1 aromatic rings. The summed E-state index contributed by atoms with van der Waals surface area (Å²) in [5, 5.41) is 0. The van der Waals surface area contributed by atoms with E-state index >= 15 is 0 Å². The van der Waals surface area contributed by atoms with Crippen LogP contribution in [0.15, 0.2) is 12.1 Å². The fourth-order valence-corrected chi connectivity index (χ4v) is 1.64. The Bertz CT molecular complexity index is 384. The van der Waals surface area contributed by atoms with Gasteiger partial charge < -0.3 is 5.73 Å². The molecule has 1 rings (SSSR count). The summed E-state index contributed by atoms with van der Waals surface area (Å²) in [5.41, 5.74) is 10.7. The molecule has 0 saturated heterocycles. The fraction of sp³-hybridized carbons (Fsp3) is 0.429. The predicted molar refractivity (Wildman–Crippen MR) is 65.8 cm³/mol. The summed E-state index contributed by atoms with van der Waals surface area (Å²) in [7, 11) is 0. The zero-order valence-corrected chi connectivity index (χ0v) is 10.0. The maximum absolute atomic E-state index is 5.78. The third-order valence-electron chi connectivity index (χ3n) is 2.50. The Morgan fingerprint density at radius 2 is 1.73 bits per heavy atom. The molecule has 1 unspecified atom stereocenters. The Balaban J connectivity index is 3.08. The molecule has 0 heterocycles. The van der Waals surface area contributed by atoms with E-state index in [-0.39, 0.29) is 6.04 Å². The minimum Gasteiger partial charge on any atom is -0.318 e. The van der Waals surface area contributed by atoms with Crippen molar-refractivity contribution in [3.8, 4) is 11.8 Å². The molecule has 1 heteroatoms. The van der Waals surface area contributed by atoms with Crippen LogP contribution in [0.1, 0.15) is 35.6 Å². The smallest absolute Gasteiger partial charge is 0.0665 e. The number of hydrogen-bond acceptors (Lipinski definition) is 1. The van der Waals surface area contributed by atoms with Crippen molar-refractivity contribution in [1.29, 1.82) is 0 Å². The van der Waals surface area contributed by atoms with Crippen molar-refractivity contribution in [2.24, 2.45) is 5.73 Å². The number of nitrogens with two attached hydrogens (primary N) is 1. The number of rotatable bonds is 1. The quantitative estimate of drug-likeness (QED) is 0.695. The van der Waals surface area contributed by atoms with Gasteiger partial charge in [-0.15, -0.1) is 0 Å². The van der Waals surface area contributed by atoms with E-state index in [2.05, 4.69) is 44.7 Å². The zero-order chi connectivity index (χ0) is 11.4. The lowest BCUT2D eigenvalue weighted by atomic mass is 10.00. The summed E-state index contributed by atoms with van der Waals surface area (Å²) in [6.07, 6.45) is 0.900. The number of benzene rings is 1. The van der Waals surface area contributed by atoms with Crippen LogP contribution in [0.2, 0.25) is 0 Å². The van der Waals surface area contributed by atoms with Crippen molar-refractivity contribution >= 4 is 0 Å². The van der Waals surface area contributed by atoms with Crippen LogP contribution in [0, 0.1) is 32.6 Å². The fourth-order valence-electron chi connectivity index (χ4n) is 1.64. The second-order valence-electron chi connectivity index (χ2n) is 4.06. The molecule has 0 aliphatic heterocycles. The minimum absolute atomic E-state index is 0.00916. The minimum atomic E-state index is -0.00916. The summed E-state index contributed by atoms with van der Waals surface area (Å²) < 4.78 is 0. The van der Waals surface area contributed by atoms with Crippen LogP contribution in [-0.2, 0) is 0 Å². The van der Waals surface area contributed by atoms with Crippen LogP contribution < -0.4 is 5.73 Å². The van der Waals surface area contributed by atoms with E-state index in [0.29, 0.717) is 0 Å². The molecule has 1 nitrogen and oxygen atoms in total. The van der Waals surface area contributed by atoms with Gasteiger partial charge in [-0.05, 0) is 38.3 Å². The highest BCUT2D eigenvalue weighted by Crippen LogP contribution is 2.14. The normalized spacial score (nSPS) is 11.8. The summed E-state index contributed by atoms with van der Waals surface area (Å²) >= 11 is 0. The molecule has 1 aromatic carbocycles. The van der Waals surface area contributed by atoms with Crippen LogP contribution >= 0.6 is 0 Å². The molecule has 0 aliphatic rings. The number of hydrogen-bond donors (Lipinski definition) is 1. The second-order valence-corrected chi connectivity index (χ2v) is 4.06. The van der Waals surface area contributed by atoms with Crippen LogP contribution in [0.4, 0.5) is 0 Å². The Morgan fingerprint density at radius 3 is 2.20 bits per heavy atom. The van der Waals surface area contributed by atoms with E-state index in [1.165, 1.54) is 16.7 Å². The molecule has 0 saturated carbocycles. The first-order chi connectivity index (χ1) is 7.04. The van der Waals surface area contributed by atoms with Gasteiger partial charge in [0.15, 0.2) is 0 Å². The maximum atomic E-state index is 5.78. The van der Waals surface area contributed by atoms with Crippen molar-refractivity contribution in [2.45, 2.75) is 40.2 Å². The van der Waals surface area contributed by atoms with Crippen molar-refractivity contribution in [2.75, 3.05) is 0 Å².